The van der Waals surface area contributed by atoms with E-state index >= 15 is 0 Å². The zero-order valence-corrected chi connectivity index (χ0v) is 34.6. The van der Waals surface area contributed by atoms with Gasteiger partial charge in [0, 0.05) is 11.1 Å². The third-order valence-corrected chi connectivity index (χ3v) is 11.6. The van der Waals surface area contributed by atoms with Crippen molar-refractivity contribution in [1.82, 2.24) is 4.90 Å². The third-order valence-electron chi connectivity index (χ3n) is 11.6. The second-order valence-electron chi connectivity index (χ2n) is 17.2. The van der Waals surface area contributed by atoms with Crippen molar-refractivity contribution >= 4 is 0 Å². The van der Waals surface area contributed by atoms with Crippen molar-refractivity contribution in [3.05, 3.63) is 71.8 Å². The summed E-state index contributed by atoms with van der Waals surface area (Å²) >= 11 is 0. The first-order chi connectivity index (χ1) is 24.3. The first-order valence-corrected chi connectivity index (χ1v) is 22.2. The molecule has 0 spiro atoms. The Morgan fingerprint density at radius 1 is 0.360 bits per heavy atom. The summed E-state index contributed by atoms with van der Waals surface area (Å²) in [6, 6.07) is 23.0. The Morgan fingerprint density at radius 2 is 0.600 bits per heavy atom. The van der Waals surface area contributed by atoms with Crippen LogP contribution in [-0.2, 0) is 0 Å². The molecule has 0 heterocycles. The number of hydrogen-bond donors (Lipinski definition) is 0. The third kappa shape index (κ3) is 19.3. The summed E-state index contributed by atoms with van der Waals surface area (Å²) in [6.07, 6.45) is 39.3. The number of nitrogens with zero attached hydrogens (tertiary/aromatic N) is 1. The fourth-order valence-corrected chi connectivity index (χ4v) is 8.67. The fraction of sp³-hybridized carbons (Fsp3) is 0.755. The molecule has 0 saturated carbocycles. The molecule has 0 aromatic heterocycles. The molecule has 2 aromatic rings. The summed E-state index contributed by atoms with van der Waals surface area (Å²) in [7, 11) is 0. The van der Waals surface area contributed by atoms with Gasteiger partial charge in [-0.3, -0.25) is 4.90 Å². The molecule has 286 valence electrons. The van der Waals surface area contributed by atoms with Crippen LogP contribution in [0.2, 0.25) is 0 Å². The van der Waals surface area contributed by atoms with Gasteiger partial charge >= 0.3 is 0 Å². The molecule has 1 nitrogen and oxygen atoms in total. The largest absolute Gasteiger partial charge is 0.282 e. The summed E-state index contributed by atoms with van der Waals surface area (Å²) in [5.41, 5.74) is 3.04. The highest BCUT2D eigenvalue weighted by molar-refractivity contribution is 5.33. The Hall–Kier alpha value is -1.60. The minimum atomic E-state index is 0.0914. The lowest BCUT2D eigenvalue weighted by Gasteiger charge is -2.53. The lowest BCUT2D eigenvalue weighted by atomic mass is 9.81. The van der Waals surface area contributed by atoms with E-state index in [0.717, 1.165) is 0 Å². The lowest BCUT2D eigenvalue weighted by Crippen LogP contribution is -2.57. The Morgan fingerprint density at radius 3 is 0.860 bits per heavy atom. The lowest BCUT2D eigenvalue weighted by molar-refractivity contribution is -0.0241. The number of unbranched alkanes of at least 4 members (excludes halogenated alkanes) is 24. The van der Waals surface area contributed by atoms with Crippen molar-refractivity contribution in [2.45, 2.75) is 238 Å². The number of rotatable bonds is 33. The molecule has 2 rings (SSSR count). The summed E-state index contributed by atoms with van der Waals surface area (Å²) in [6.45, 7) is 14.8. The van der Waals surface area contributed by atoms with Crippen LogP contribution in [0.25, 0.3) is 0 Å². The molecule has 0 atom stereocenters. The van der Waals surface area contributed by atoms with Crippen molar-refractivity contribution < 1.29 is 0 Å². The van der Waals surface area contributed by atoms with Crippen molar-refractivity contribution in [3.8, 4) is 0 Å². The molecule has 0 bridgehead atoms. The molecule has 0 aliphatic carbocycles. The normalized spacial score (nSPS) is 12.4. The van der Waals surface area contributed by atoms with Gasteiger partial charge < -0.3 is 0 Å². The SMILES string of the molecule is CCCCCCCCCCCCCCCC(C)(C)N(C(c1ccccc1)c1ccccc1)C(C)(C)CCCCCCCCCCCCCCC. The van der Waals surface area contributed by atoms with Gasteiger partial charge in [-0.1, -0.05) is 241 Å². The van der Waals surface area contributed by atoms with E-state index in [2.05, 4.69) is 107 Å². The zero-order valence-electron chi connectivity index (χ0n) is 34.6. The van der Waals surface area contributed by atoms with Crippen molar-refractivity contribution in [2.75, 3.05) is 0 Å². The standard InChI is InChI=1S/C49H85N/c1-7-9-11-13-15-17-19-21-23-25-27-29-37-43-48(3,4)50(47(45-39-33-31-34-40-45)46-41-35-32-36-42-46)49(5,6)44-38-30-28-26-24-22-20-18-16-14-12-10-8-2/h31-36,39-42,47H,7-30,37-38,43-44H2,1-6H3. The van der Waals surface area contributed by atoms with Crippen LogP contribution >= 0.6 is 0 Å². The van der Waals surface area contributed by atoms with E-state index in [4.69, 9.17) is 0 Å². The Bertz CT molecular complexity index is 926. The average Bonchev–Trinajstić information content (AvgIpc) is 3.11. The fourth-order valence-electron chi connectivity index (χ4n) is 8.67. The van der Waals surface area contributed by atoms with Gasteiger partial charge in [0.05, 0.1) is 6.04 Å². The van der Waals surface area contributed by atoms with E-state index in [-0.39, 0.29) is 17.1 Å². The Balaban J connectivity index is 1.93. The van der Waals surface area contributed by atoms with Crippen LogP contribution in [0.1, 0.15) is 238 Å². The molecule has 50 heavy (non-hydrogen) atoms. The molecule has 0 radical (unpaired) electrons. The van der Waals surface area contributed by atoms with E-state index in [9.17, 15) is 0 Å². The highest BCUT2D eigenvalue weighted by Crippen LogP contribution is 2.43. The molecule has 0 aliphatic rings. The predicted octanol–water partition coefficient (Wildman–Crippen LogP) is 16.6. The van der Waals surface area contributed by atoms with E-state index in [0.29, 0.717) is 0 Å². The second kappa shape index (κ2) is 28.0. The van der Waals surface area contributed by atoms with Crippen LogP contribution in [0.5, 0.6) is 0 Å². The van der Waals surface area contributed by atoms with Gasteiger partial charge in [0.1, 0.15) is 0 Å². The maximum Gasteiger partial charge on any atom is 0.0611 e. The molecule has 0 N–H and O–H groups in total. The van der Waals surface area contributed by atoms with Crippen LogP contribution in [0.3, 0.4) is 0 Å². The van der Waals surface area contributed by atoms with Gasteiger partial charge in [-0.15, -0.1) is 0 Å². The molecular weight excluding hydrogens is 603 g/mol. The molecule has 2 aromatic carbocycles. The van der Waals surface area contributed by atoms with Crippen molar-refractivity contribution in [1.29, 1.82) is 0 Å². The molecule has 0 aliphatic heterocycles. The van der Waals surface area contributed by atoms with Crippen LogP contribution in [0.15, 0.2) is 60.7 Å². The van der Waals surface area contributed by atoms with Crippen LogP contribution in [0, 0.1) is 0 Å². The summed E-state index contributed by atoms with van der Waals surface area (Å²) in [5.74, 6) is 0. The van der Waals surface area contributed by atoms with E-state index in [1.165, 1.54) is 191 Å². The summed E-state index contributed by atoms with van der Waals surface area (Å²) in [5, 5.41) is 0. The van der Waals surface area contributed by atoms with Gasteiger partial charge in [-0.2, -0.15) is 0 Å². The highest BCUT2D eigenvalue weighted by Gasteiger charge is 2.42. The number of benzene rings is 2. The van der Waals surface area contributed by atoms with Crippen LogP contribution < -0.4 is 0 Å². The Kier molecular flexibility index (Phi) is 24.9. The van der Waals surface area contributed by atoms with Crippen LogP contribution in [0.4, 0.5) is 0 Å². The first kappa shape index (κ1) is 44.6. The van der Waals surface area contributed by atoms with Crippen molar-refractivity contribution in [3.63, 3.8) is 0 Å². The van der Waals surface area contributed by atoms with E-state index in [1.807, 2.05) is 0 Å². The van der Waals surface area contributed by atoms with Gasteiger partial charge in [-0.05, 0) is 51.7 Å². The average molecular weight is 688 g/mol. The second-order valence-corrected chi connectivity index (χ2v) is 17.2. The van der Waals surface area contributed by atoms with Gasteiger partial charge in [0.25, 0.3) is 0 Å². The van der Waals surface area contributed by atoms with Gasteiger partial charge in [0.15, 0.2) is 0 Å². The minimum absolute atomic E-state index is 0.0914. The van der Waals surface area contributed by atoms with Crippen LogP contribution in [-0.4, -0.2) is 16.0 Å². The van der Waals surface area contributed by atoms with Crippen molar-refractivity contribution in [2.24, 2.45) is 0 Å². The highest BCUT2D eigenvalue weighted by atomic mass is 15.3. The minimum Gasteiger partial charge on any atom is -0.282 e. The first-order valence-electron chi connectivity index (χ1n) is 22.2. The molecule has 0 saturated heterocycles. The molecule has 0 unspecified atom stereocenters. The topological polar surface area (TPSA) is 3.24 Å². The zero-order chi connectivity index (χ0) is 36.2. The smallest absolute Gasteiger partial charge is 0.0611 e. The summed E-state index contributed by atoms with van der Waals surface area (Å²) in [4.78, 5) is 2.95. The maximum absolute atomic E-state index is 2.95. The summed E-state index contributed by atoms with van der Waals surface area (Å²) < 4.78 is 0. The predicted molar refractivity (Wildman–Crippen MR) is 225 cm³/mol. The number of hydrogen-bond acceptors (Lipinski definition) is 1. The van der Waals surface area contributed by atoms with E-state index < -0.39 is 0 Å². The molecular formula is C49H85N. The quantitative estimate of drug-likeness (QED) is 0.0675. The Labute approximate surface area is 314 Å². The maximum atomic E-state index is 2.95. The van der Waals surface area contributed by atoms with E-state index in [1.54, 1.807) is 0 Å². The molecule has 1 heteroatoms. The van der Waals surface area contributed by atoms with Gasteiger partial charge in [0.2, 0.25) is 0 Å². The molecule has 0 amide bonds. The monoisotopic (exact) mass is 688 g/mol. The molecule has 0 fully saturated rings. The van der Waals surface area contributed by atoms with Gasteiger partial charge in [-0.25, -0.2) is 0 Å².